The number of hydrogen-bond acceptors (Lipinski definition) is 4. The van der Waals surface area contributed by atoms with Crippen molar-refractivity contribution in [2.75, 3.05) is 34.3 Å². The minimum Gasteiger partial charge on any atom is -0.497 e. The Balaban J connectivity index is 1.61. The highest BCUT2D eigenvalue weighted by atomic mass is 19.1. The van der Waals surface area contributed by atoms with Gasteiger partial charge in [-0.15, -0.1) is 0 Å². The number of methoxy groups -OCH3 is 1. The molecular formula is C20H23FN2O3. The van der Waals surface area contributed by atoms with Crippen molar-refractivity contribution in [1.29, 1.82) is 0 Å². The fourth-order valence-electron chi connectivity index (χ4n) is 3.04. The second kappa shape index (κ2) is 7.74. The molecule has 1 aliphatic rings. The predicted octanol–water partition coefficient (Wildman–Crippen LogP) is 2.73. The van der Waals surface area contributed by atoms with Gasteiger partial charge in [-0.05, 0) is 43.9 Å². The maximum Gasteiger partial charge on any atom is 0.244 e. The van der Waals surface area contributed by atoms with Gasteiger partial charge in [0.15, 0.2) is 0 Å². The van der Waals surface area contributed by atoms with E-state index in [1.54, 1.807) is 24.1 Å². The second-order valence-electron chi connectivity index (χ2n) is 6.58. The molecule has 6 heteroatoms. The van der Waals surface area contributed by atoms with Crippen LogP contribution in [-0.4, -0.2) is 56.1 Å². The normalized spacial score (nSPS) is 15.5. The first-order chi connectivity index (χ1) is 12.5. The van der Waals surface area contributed by atoms with Gasteiger partial charge in [0.2, 0.25) is 5.91 Å². The molecule has 0 saturated carbocycles. The molecule has 1 amide bonds. The molecule has 0 bridgehead atoms. The van der Waals surface area contributed by atoms with Crippen molar-refractivity contribution in [2.24, 2.45) is 0 Å². The zero-order chi connectivity index (χ0) is 18.7. The van der Waals surface area contributed by atoms with Gasteiger partial charge in [-0.3, -0.25) is 9.69 Å². The van der Waals surface area contributed by atoms with Crippen LogP contribution < -0.4 is 9.47 Å². The smallest absolute Gasteiger partial charge is 0.244 e. The molecule has 3 rings (SSSR count). The van der Waals surface area contributed by atoms with Crippen molar-refractivity contribution in [1.82, 2.24) is 9.80 Å². The number of likely N-dealkylation sites (tertiary alicyclic amines) is 1. The maximum absolute atomic E-state index is 13.2. The first kappa shape index (κ1) is 18.2. The molecule has 0 spiro atoms. The lowest BCUT2D eigenvalue weighted by Gasteiger charge is -2.41. The van der Waals surface area contributed by atoms with E-state index in [1.165, 1.54) is 12.1 Å². The topological polar surface area (TPSA) is 42.0 Å². The Morgan fingerprint density at radius 1 is 1.15 bits per heavy atom. The molecule has 2 aromatic rings. The van der Waals surface area contributed by atoms with Crippen molar-refractivity contribution in [3.63, 3.8) is 0 Å². The summed E-state index contributed by atoms with van der Waals surface area (Å²) in [5.74, 6) is 1.14. The zero-order valence-electron chi connectivity index (χ0n) is 15.2. The van der Waals surface area contributed by atoms with Crippen molar-refractivity contribution in [3.05, 3.63) is 59.9 Å². The molecule has 1 saturated heterocycles. The Kier molecular flexibility index (Phi) is 5.42. The summed E-state index contributed by atoms with van der Waals surface area (Å²) in [4.78, 5) is 16.5. The largest absolute Gasteiger partial charge is 0.497 e. The number of likely N-dealkylation sites (N-methyl/N-ethyl adjacent to an activating group) is 1. The maximum atomic E-state index is 13.2. The molecule has 1 heterocycles. The monoisotopic (exact) mass is 358 g/mol. The molecule has 1 fully saturated rings. The van der Waals surface area contributed by atoms with Crippen LogP contribution in [0.25, 0.3) is 0 Å². The van der Waals surface area contributed by atoms with Gasteiger partial charge in [0, 0.05) is 6.07 Å². The van der Waals surface area contributed by atoms with E-state index >= 15 is 0 Å². The quantitative estimate of drug-likeness (QED) is 0.796. The molecule has 138 valence electrons. The molecule has 1 aliphatic heterocycles. The lowest BCUT2D eigenvalue weighted by Crippen LogP contribution is -2.58. The van der Waals surface area contributed by atoms with E-state index < -0.39 is 6.04 Å². The number of benzene rings is 2. The molecule has 5 nitrogen and oxygen atoms in total. The Morgan fingerprint density at radius 2 is 1.81 bits per heavy atom. The van der Waals surface area contributed by atoms with E-state index in [0.717, 1.165) is 17.1 Å². The third-order valence-electron chi connectivity index (χ3n) is 4.44. The third kappa shape index (κ3) is 3.96. The van der Waals surface area contributed by atoms with Crippen LogP contribution in [0.3, 0.4) is 0 Å². The van der Waals surface area contributed by atoms with Crippen LogP contribution in [0.5, 0.6) is 11.5 Å². The summed E-state index contributed by atoms with van der Waals surface area (Å²) in [6.45, 7) is 1.06. The number of rotatable bonds is 6. The summed E-state index contributed by atoms with van der Waals surface area (Å²) >= 11 is 0. The summed E-state index contributed by atoms with van der Waals surface area (Å²) in [5, 5.41) is 0. The van der Waals surface area contributed by atoms with Crippen molar-refractivity contribution < 1.29 is 18.7 Å². The zero-order valence-corrected chi connectivity index (χ0v) is 15.2. The molecule has 2 aromatic carbocycles. The molecule has 0 aromatic heterocycles. The fourth-order valence-corrected chi connectivity index (χ4v) is 3.04. The van der Waals surface area contributed by atoms with Crippen LogP contribution in [-0.2, 0) is 4.79 Å². The Morgan fingerprint density at radius 3 is 2.42 bits per heavy atom. The van der Waals surface area contributed by atoms with Crippen LogP contribution >= 0.6 is 0 Å². The van der Waals surface area contributed by atoms with Crippen LogP contribution in [0.15, 0.2) is 48.5 Å². The average molecular weight is 358 g/mol. The molecule has 0 radical (unpaired) electrons. The highest BCUT2D eigenvalue weighted by Gasteiger charge is 2.37. The number of halogens is 1. The highest BCUT2D eigenvalue weighted by Crippen LogP contribution is 2.27. The molecule has 0 unspecified atom stereocenters. The van der Waals surface area contributed by atoms with Crippen LogP contribution in [0, 0.1) is 5.82 Å². The van der Waals surface area contributed by atoms with E-state index in [-0.39, 0.29) is 17.8 Å². The van der Waals surface area contributed by atoms with Gasteiger partial charge in [-0.1, -0.05) is 18.2 Å². The molecule has 1 atom stereocenters. The standard InChI is InChI=1S/C20H23FN2O3/c1-22(2)19(14-7-9-15(21)10-8-14)20(24)23-12-18(13-23)26-17-6-4-5-16(11-17)25-3/h4-11,18-19H,12-13H2,1-3H3/t19-/m1/s1. The van der Waals surface area contributed by atoms with Gasteiger partial charge >= 0.3 is 0 Å². The number of amides is 1. The molecule has 0 N–H and O–H groups in total. The molecular weight excluding hydrogens is 335 g/mol. The number of carbonyl (C=O) groups excluding carboxylic acids is 1. The van der Waals surface area contributed by atoms with E-state index in [9.17, 15) is 9.18 Å². The SMILES string of the molecule is COc1cccc(OC2CN(C(=O)[C@@H](c3ccc(F)cc3)N(C)C)C2)c1. The van der Waals surface area contributed by atoms with E-state index in [4.69, 9.17) is 9.47 Å². The van der Waals surface area contributed by atoms with Crippen molar-refractivity contribution in [3.8, 4) is 11.5 Å². The minimum absolute atomic E-state index is 0.00731. The first-order valence-electron chi connectivity index (χ1n) is 8.49. The van der Waals surface area contributed by atoms with Gasteiger partial charge in [0.05, 0.1) is 20.2 Å². The summed E-state index contributed by atoms with van der Waals surface area (Å²) in [6.07, 6.45) is -0.0397. The third-order valence-corrected chi connectivity index (χ3v) is 4.44. The van der Waals surface area contributed by atoms with Gasteiger partial charge in [-0.2, -0.15) is 0 Å². The summed E-state index contributed by atoms with van der Waals surface area (Å²) in [7, 11) is 5.30. The Bertz CT molecular complexity index is 758. The lowest BCUT2D eigenvalue weighted by molar-refractivity contribution is -0.145. The van der Waals surface area contributed by atoms with Crippen molar-refractivity contribution >= 4 is 5.91 Å². The second-order valence-corrected chi connectivity index (χ2v) is 6.58. The van der Waals surface area contributed by atoms with Crippen LogP contribution in [0.4, 0.5) is 4.39 Å². The predicted molar refractivity (Wildman–Crippen MR) is 96.8 cm³/mol. The number of nitrogens with zero attached hydrogens (tertiary/aromatic N) is 2. The average Bonchev–Trinajstić information content (AvgIpc) is 2.59. The van der Waals surface area contributed by atoms with E-state index in [1.807, 2.05) is 43.3 Å². The van der Waals surface area contributed by atoms with Gasteiger partial charge in [0.1, 0.15) is 29.5 Å². The lowest BCUT2D eigenvalue weighted by atomic mass is 10.0. The fraction of sp³-hybridized carbons (Fsp3) is 0.350. The first-order valence-corrected chi connectivity index (χ1v) is 8.49. The summed E-state index contributed by atoms with van der Waals surface area (Å²) in [5.41, 5.74) is 0.776. The van der Waals surface area contributed by atoms with Crippen LogP contribution in [0.1, 0.15) is 11.6 Å². The van der Waals surface area contributed by atoms with Crippen molar-refractivity contribution in [2.45, 2.75) is 12.1 Å². The number of carbonyl (C=O) groups is 1. The van der Waals surface area contributed by atoms with E-state index in [2.05, 4.69) is 0 Å². The summed E-state index contributed by atoms with van der Waals surface area (Å²) in [6, 6.07) is 13.0. The highest BCUT2D eigenvalue weighted by molar-refractivity contribution is 5.84. The minimum atomic E-state index is -0.437. The molecule has 26 heavy (non-hydrogen) atoms. The Hall–Kier alpha value is -2.60. The molecule has 0 aliphatic carbocycles. The number of hydrogen-bond donors (Lipinski definition) is 0. The van der Waals surface area contributed by atoms with Gasteiger partial charge in [-0.25, -0.2) is 4.39 Å². The van der Waals surface area contributed by atoms with E-state index in [0.29, 0.717) is 13.1 Å². The van der Waals surface area contributed by atoms with Gasteiger partial charge in [0.25, 0.3) is 0 Å². The van der Waals surface area contributed by atoms with Gasteiger partial charge < -0.3 is 14.4 Å². The number of ether oxygens (including phenoxy) is 2. The van der Waals surface area contributed by atoms with Crippen LogP contribution in [0.2, 0.25) is 0 Å². The Labute approximate surface area is 152 Å². The summed E-state index contributed by atoms with van der Waals surface area (Å²) < 4.78 is 24.2.